The number of hydrogen-bond acceptors (Lipinski definition) is 4. The van der Waals surface area contributed by atoms with Crippen LogP contribution in [0.25, 0.3) is 0 Å². The molecule has 0 atom stereocenters. The number of carbonyl (C=O) groups excluding carboxylic acids is 1. The molecule has 0 aromatic heterocycles. The standard InChI is InChI=1S/C13H20O4/c1-15-11(14)12(4-5-12)13(8-17-9-13)10-2-6-16-7-3-10/h10H,2-9H2,1H3. The van der Waals surface area contributed by atoms with Crippen LogP contribution in [-0.4, -0.2) is 39.5 Å². The first kappa shape index (κ1) is 11.5. The first-order valence-electron chi connectivity index (χ1n) is 6.49. The van der Waals surface area contributed by atoms with E-state index in [1.165, 1.54) is 7.11 Å². The van der Waals surface area contributed by atoms with Crippen LogP contribution in [0.1, 0.15) is 25.7 Å². The summed E-state index contributed by atoms with van der Waals surface area (Å²) in [5, 5.41) is 0. The van der Waals surface area contributed by atoms with Crippen molar-refractivity contribution in [2.75, 3.05) is 33.5 Å². The van der Waals surface area contributed by atoms with Crippen molar-refractivity contribution in [3.05, 3.63) is 0 Å². The Bertz CT molecular complexity index is 311. The molecule has 0 spiro atoms. The Hall–Kier alpha value is -0.610. The minimum atomic E-state index is -0.234. The van der Waals surface area contributed by atoms with E-state index < -0.39 is 0 Å². The van der Waals surface area contributed by atoms with Gasteiger partial charge in [-0.2, -0.15) is 0 Å². The van der Waals surface area contributed by atoms with E-state index in [4.69, 9.17) is 14.2 Å². The van der Waals surface area contributed by atoms with E-state index in [1.54, 1.807) is 0 Å². The Kier molecular flexibility index (Phi) is 2.67. The van der Waals surface area contributed by atoms with E-state index >= 15 is 0 Å². The molecule has 3 fully saturated rings. The summed E-state index contributed by atoms with van der Waals surface area (Å²) in [6.45, 7) is 3.10. The topological polar surface area (TPSA) is 44.8 Å². The highest BCUT2D eigenvalue weighted by Gasteiger charge is 2.70. The van der Waals surface area contributed by atoms with Crippen molar-refractivity contribution in [1.82, 2.24) is 0 Å². The maximum absolute atomic E-state index is 12.1. The van der Waals surface area contributed by atoms with Gasteiger partial charge in [-0.15, -0.1) is 0 Å². The molecule has 4 nitrogen and oxygen atoms in total. The van der Waals surface area contributed by atoms with Crippen LogP contribution in [0.5, 0.6) is 0 Å². The molecule has 4 heteroatoms. The van der Waals surface area contributed by atoms with Crippen molar-refractivity contribution in [1.29, 1.82) is 0 Å². The summed E-state index contributed by atoms with van der Waals surface area (Å²) in [4.78, 5) is 12.1. The van der Waals surface area contributed by atoms with Crippen LogP contribution < -0.4 is 0 Å². The minimum absolute atomic E-state index is 0.0210. The SMILES string of the molecule is COC(=O)C1(C2(C3CCOCC3)COC2)CC1. The third-order valence-electron chi connectivity index (χ3n) is 5.00. The Labute approximate surface area is 102 Å². The van der Waals surface area contributed by atoms with Crippen LogP contribution in [0.15, 0.2) is 0 Å². The van der Waals surface area contributed by atoms with Gasteiger partial charge in [-0.25, -0.2) is 0 Å². The average Bonchev–Trinajstić information content (AvgIpc) is 3.10. The summed E-state index contributed by atoms with van der Waals surface area (Å²) in [6, 6.07) is 0. The summed E-state index contributed by atoms with van der Waals surface area (Å²) < 4.78 is 15.9. The van der Waals surface area contributed by atoms with Gasteiger partial charge < -0.3 is 14.2 Å². The van der Waals surface area contributed by atoms with E-state index in [9.17, 15) is 4.79 Å². The molecule has 2 aliphatic heterocycles. The number of methoxy groups -OCH3 is 1. The zero-order valence-corrected chi connectivity index (χ0v) is 10.4. The first-order valence-corrected chi connectivity index (χ1v) is 6.49. The zero-order valence-electron chi connectivity index (χ0n) is 10.4. The Morgan fingerprint density at radius 2 is 1.82 bits per heavy atom. The van der Waals surface area contributed by atoms with Crippen LogP contribution >= 0.6 is 0 Å². The number of esters is 1. The average molecular weight is 240 g/mol. The predicted octanol–water partition coefficient (Wildman–Crippen LogP) is 1.38. The molecule has 0 aromatic rings. The maximum atomic E-state index is 12.1. The molecule has 0 unspecified atom stereocenters. The monoisotopic (exact) mass is 240 g/mol. The molecule has 2 heterocycles. The van der Waals surface area contributed by atoms with Crippen molar-refractivity contribution in [3.63, 3.8) is 0 Å². The van der Waals surface area contributed by atoms with Crippen molar-refractivity contribution < 1.29 is 19.0 Å². The fourth-order valence-corrected chi connectivity index (χ4v) is 3.70. The summed E-state index contributed by atoms with van der Waals surface area (Å²) in [6.07, 6.45) is 4.06. The third-order valence-corrected chi connectivity index (χ3v) is 5.00. The molecular formula is C13H20O4. The zero-order chi connectivity index (χ0) is 11.9. The highest BCUT2D eigenvalue weighted by atomic mass is 16.5. The molecule has 0 amide bonds. The summed E-state index contributed by atoms with van der Waals surface area (Å²) in [5.74, 6) is 0.541. The third kappa shape index (κ3) is 1.47. The van der Waals surface area contributed by atoms with E-state index in [0.717, 1.165) is 52.1 Å². The predicted molar refractivity (Wildman–Crippen MR) is 60.5 cm³/mol. The normalized spacial score (nSPS) is 30.4. The fraction of sp³-hybridized carbons (Fsp3) is 0.923. The molecule has 1 aliphatic carbocycles. The Morgan fingerprint density at radius 1 is 1.18 bits per heavy atom. The van der Waals surface area contributed by atoms with Gasteiger partial charge in [0.25, 0.3) is 0 Å². The van der Waals surface area contributed by atoms with E-state index in [-0.39, 0.29) is 16.8 Å². The van der Waals surface area contributed by atoms with Gasteiger partial charge in [-0.05, 0) is 31.6 Å². The van der Waals surface area contributed by atoms with Crippen LogP contribution in [-0.2, 0) is 19.0 Å². The van der Waals surface area contributed by atoms with E-state index in [2.05, 4.69) is 0 Å². The second-order valence-corrected chi connectivity index (χ2v) is 5.61. The summed E-state index contributed by atoms with van der Waals surface area (Å²) in [7, 11) is 1.50. The molecule has 0 aromatic carbocycles. The van der Waals surface area contributed by atoms with Gasteiger partial charge in [0.1, 0.15) is 0 Å². The molecule has 0 bridgehead atoms. The number of ether oxygens (including phenoxy) is 3. The van der Waals surface area contributed by atoms with Crippen molar-refractivity contribution in [3.8, 4) is 0 Å². The lowest BCUT2D eigenvalue weighted by atomic mass is 9.60. The molecule has 2 saturated heterocycles. The number of carbonyl (C=O) groups is 1. The molecule has 0 radical (unpaired) electrons. The largest absolute Gasteiger partial charge is 0.469 e. The van der Waals surface area contributed by atoms with E-state index in [0.29, 0.717) is 5.92 Å². The summed E-state index contributed by atoms with van der Waals surface area (Å²) in [5.41, 5.74) is -0.189. The van der Waals surface area contributed by atoms with Crippen LogP contribution in [0.4, 0.5) is 0 Å². The van der Waals surface area contributed by atoms with Crippen LogP contribution in [0.2, 0.25) is 0 Å². The smallest absolute Gasteiger partial charge is 0.312 e. The number of hydrogen-bond donors (Lipinski definition) is 0. The summed E-state index contributed by atoms with van der Waals surface area (Å²) >= 11 is 0. The maximum Gasteiger partial charge on any atom is 0.312 e. The second kappa shape index (κ2) is 3.95. The van der Waals surface area contributed by atoms with Gasteiger partial charge >= 0.3 is 5.97 Å². The van der Waals surface area contributed by atoms with Crippen molar-refractivity contribution in [2.24, 2.45) is 16.7 Å². The molecule has 3 aliphatic rings. The first-order chi connectivity index (χ1) is 8.25. The minimum Gasteiger partial charge on any atom is -0.469 e. The Morgan fingerprint density at radius 3 is 2.24 bits per heavy atom. The van der Waals surface area contributed by atoms with Gasteiger partial charge in [0.2, 0.25) is 0 Å². The van der Waals surface area contributed by atoms with Crippen LogP contribution in [0, 0.1) is 16.7 Å². The highest BCUT2D eigenvalue weighted by Crippen LogP contribution is 2.66. The van der Waals surface area contributed by atoms with Gasteiger partial charge in [-0.1, -0.05) is 0 Å². The lowest BCUT2D eigenvalue weighted by Gasteiger charge is -2.52. The van der Waals surface area contributed by atoms with Crippen LogP contribution in [0.3, 0.4) is 0 Å². The highest BCUT2D eigenvalue weighted by molar-refractivity contribution is 5.81. The lowest BCUT2D eigenvalue weighted by molar-refractivity contribution is -0.212. The molecule has 96 valence electrons. The molecular weight excluding hydrogens is 220 g/mol. The fourth-order valence-electron chi connectivity index (χ4n) is 3.70. The van der Waals surface area contributed by atoms with Gasteiger partial charge in [0.15, 0.2) is 0 Å². The van der Waals surface area contributed by atoms with Gasteiger partial charge in [-0.3, -0.25) is 4.79 Å². The second-order valence-electron chi connectivity index (χ2n) is 5.61. The lowest BCUT2D eigenvalue weighted by Crippen LogP contribution is -2.58. The van der Waals surface area contributed by atoms with E-state index in [1.807, 2.05) is 0 Å². The molecule has 3 rings (SSSR count). The van der Waals surface area contributed by atoms with Crippen molar-refractivity contribution >= 4 is 5.97 Å². The molecule has 1 saturated carbocycles. The van der Waals surface area contributed by atoms with Gasteiger partial charge in [0, 0.05) is 18.6 Å². The Balaban J connectivity index is 1.84. The quantitative estimate of drug-likeness (QED) is 0.699. The van der Waals surface area contributed by atoms with Crippen molar-refractivity contribution in [2.45, 2.75) is 25.7 Å². The number of rotatable bonds is 3. The van der Waals surface area contributed by atoms with Gasteiger partial charge in [0.05, 0.1) is 25.7 Å². The molecule has 17 heavy (non-hydrogen) atoms. The molecule has 0 N–H and O–H groups in total.